The largest absolute Gasteiger partial charge is 0.346 e. The molecule has 0 bridgehead atoms. The summed E-state index contributed by atoms with van der Waals surface area (Å²) in [5, 5.41) is 5.72. The molecule has 0 aliphatic rings. The van der Waals surface area contributed by atoms with E-state index in [2.05, 4.69) is 10.3 Å². The highest BCUT2D eigenvalue weighted by Gasteiger charge is 2.12. The van der Waals surface area contributed by atoms with E-state index < -0.39 is 0 Å². The van der Waals surface area contributed by atoms with Crippen LogP contribution in [0.3, 0.4) is 0 Å². The quantitative estimate of drug-likeness (QED) is 0.921. The lowest BCUT2D eigenvalue weighted by molar-refractivity contribution is -0.122. The first kappa shape index (κ1) is 13.5. The van der Waals surface area contributed by atoms with Crippen LogP contribution in [0.4, 0.5) is 0 Å². The van der Waals surface area contributed by atoms with Crippen molar-refractivity contribution < 1.29 is 4.79 Å². The molecule has 0 spiro atoms. The normalized spacial score (nSPS) is 12.1. The summed E-state index contributed by atoms with van der Waals surface area (Å²) >= 11 is 1.55. The minimum absolute atomic E-state index is 0.0210. The van der Waals surface area contributed by atoms with Gasteiger partial charge >= 0.3 is 0 Å². The molecule has 5 nitrogen and oxygen atoms in total. The van der Waals surface area contributed by atoms with E-state index in [0.29, 0.717) is 0 Å². The second-order valence-corrected chi connectivity index (χ2v) is 5.31. The van der Waals surface area contributed by atoms with Crippen LogP contribution < -0.4 is 10.9 Å². The molecule has 100 valence electrons. The van der Waals surface area contributed by atoms with Crippen LogP contribution in [0.1, 0.15) is 23.7 Å². The Morgan fingerprint density at radius 2 is 2.32 bits per heavy atom. The van der Waals surface area contributed by atoms with E-state index in [0.717, 1.165) is 10.7 Å². The molecular weight excluding hydrogens is 262 g/mol. The van der Waals surface area contributed by atoms with E-state index in [1.165, 1.54) is 10.6 Å². The van der Waals surface area contributed by atoms with Crippen molar-refractivity contribution in [3.8, 4) is 0 Å². The number of carbonyl (C=O) groups excluding carboxylic acids is 1. The van der Waals surface area contributed by atoms with Crippen LogP contribution in [-0.4, -0.2) is 15.5 Å². The van der Waals surface area contributed by atoms with Crippen molar-refractivity contribution in [3.63, 3.8) is 0 Å². The molecule has 6 heteroatoms. The van der Waals surface area contributed by atoms with Crippen LogP contribution in [0, 0.1) is 6.92 Å². The minimum Gasteiger partial charge on any atom is -0.346 e. The van der Waals surface area contributed by atoms with Gasteiger partial charge in [-0.3, -0.25) is 9.59 Å². The highest BCUT2D eigenvalue weighted by molar-refractivity contribution is 7.09. The van der Waals surface area contributed by atoms with Gasteiger partial charge in [-0.05, 0) is 19.9 Å². The third-order valence-corrected chi connectivity index (χ3v) is 3.46. The number of carbonyl (C=O) groups is 1. The lowest BCUT2D eigenvalue weighted by Gasteiger charge is -2.12. The molecule has 0 saturated heterocycles. The zero-order chi connectivity index (χ0) is 13.8. The smallest absolute Gasteiger partial charge is 0.250 e. The zero-order valence-electron chi connectivity index (χ0n) is 10.8. The highest BCUT2D eigenvalue weighted by atomic mass is 32.1. The van der Waals surface area contributed by atoms with Crippen molar-refractivity contribution in [2.45, 2.75) is 26.4 Å². The Hall–Kier alpha value is -1.95. The number of hydrogen-bond acceptors (Lipinski definition) is 4. The van der Waals surface area contributed by atoms with Gasteiger partial charge < -0.3 is 9.88 Å². The molecule has 0 aliphatic heterocycles. The van der Waals surface area contributed by atoms with Gasteiger partial charge in [-0.1, -0.05) is 6.07 Å². The summed E-state index contributed by atoms with van der Waals surface area (Å²) in [6.07, 6.45) is 1.60. The number of hydrogen-bond donors (Lipinski definition) is 1. The van der Waals surface area contributed by atoms with Gasteiger partial charge in [0.05, 0.1) is 16.7 Å². The van der Waals surface area contributed by atoms with Crippen molar-refractivity contribution >= 4 is 17.2 Å². The summed E-state index contributed by atoms with van der Waals surface area (Å²) in [5.74, 6) is -0.202. The fraction of sp³-hybridized carbons (Fsp3) is 0.308. The second kappa shape index (κ2) is 5.79. The number of thiazole rings is 1. The maximum Gasteiger partial charge on any atom is 0.250 e. The number of nitrogens with one attached hydrogen (secondary N) is 1. The summed E-state index contributed by atoms with van der Waals surface area (Å²) in [6.45, 7) is 3.82. The fourth-order valence-corrected chi connectivity index (χ4v) is 2.39. The molecule has 2 aromatic heterocycles. The number of nitrogens with zero attached hydrogens (tertiary/aromatic N) is 2. The molecule has 0 aliphatic carbocycles. The lowest BCUT2D eigenvalue weighted by atomic mass is 10.2. The van der Waals surface area contributed by atoms with E-state index in [-0.39, 0.29) is 24.1 Å². The van der Waals surface area contributed by atoms with Gasteiger partial charge in [-0.15, -0.1) is 11.3 Å². The molecule has 1 atom stereocenters. The molecule has 1 N–H and O–H groups in total. The lowest BCUT2D eigenvalue weighted by Crippen LogP contribution is -2.33. The maximum absolute atomic E-state index is 11.9. The third-order valence-electron chi connectivity index (χ3n) is 2.67. The number of aryl methyl sites for hydroxylation is 1. The Balaban J connectivity index is 1.98. The van der Waals surface area contributed by atoms with Crippen molar-refractivity contribution in [2.75, 3.05) is 0 Å². The Morgan fingerprint density at radius 3 is 2.95 bits per heavy atom. The SMILES string of the molecule is Cc1nc(C(C)NC(=O)Cn2ccccc2=O)cs1. The van der Waals surface area contributed by atoms with Crippen LogP contribution >= 0.6 is 11.3 Å². The maximum atomic E-state index is 11.9. The first-order valence-corrected chi connectivity index (χ1v) is 6.81. The first-order chi connectivity index (χ1) is 9.06. The van der Waals surface area contributed by atoms with Gasteiger partial charge in [-0.2, -0.15) is 0 Å². The van der Waals surface area contributed by atoms with E-state index in [1.807, 2.05) is 19.2 Å². The van der Waals surface area contributed by atoms with Gasteiger partial charge in [0.15, 0.2) is 0 Å². The van der Waals surface area contributed by atoms with Gasteiger partial charge in [0.1, 0.15) is 6.54 Å². The number of aromatic nitrogens is 2. The Morgan fingerprint density at radius 1 is 1.53 bits per heavy atom. The topological polar surface area (TPSA) is 64.0 Å². The number of rotatable bonds is 4. The van der Waals surface area contributed by atoms with Crippen LogP contribution in [0.2, 0.25) is 0 Å². The average Bonchev–Trinajstić information content (AvgIpc) is 2.79. The van der Waals surface area contributed by atoms with E-state index >= 15 is 0 Å². The summed E-state index contributed by atoms with van der Waals surface area (Å²) in [5.41, 5.74) is 0.658. The average molecular weight is 277 g/mol. The minimum atomic E-state index is -0.202. The van der Waals surface area contributed by atoms with Crippen LogP contribution in [0.25, 0.3) is 0 Å². The second-order valence-electron chi connectivity index (χ2n) is 4.25. The molecule has 0 aromatic carbocycles. The highest BCUT2D eigenvalue weighted by Crippen LogP contribution is 2.15. The Bertz CT molecular complexity index is 633. The molecule has 19 heavy (non-hydrogen) atoms. The van der Waals surface area contributed by atoms with Gasteiger partial charge in [0, 0.05) is 17.6 Å². The molecule has 1 unspecified atom stereocenters. The van der Waals surface area contributed by atoms with Gasteiger partial charge in [0.25, 0.3) is 5.56 Å². The summed E-state index contributed by atoms with van der Waals surface area (Å²) in [4.78, 5) is 27.7. The van der Waals surface area contributed by atoms with E-state index in [4.69, 9.17) is 0 Å². The third kappa shape index (κ3) is 3.51. The standard InChI is InChI=1S/C13H15N3O2S/c1-9(11-8-19-10(2)15-11)14-12(17)7-16-6-4-3-5-13(16)18/h3-6,8-9H,7H2,1-2H3,(H,14,17). The van der Waals surface area contributed by atoms with Crippen LogP contribution in [0.5, 0.6) is 0 Å². The molecule has 2 heterocycles. The molecule has 1 amide bonds. The molecule has 2 aromatic rings. The summed E-state index contributed by atoms with van der Waals surface area (Å²) in [6, 6.07) is 4.65. The number of pyridine rings is 1. The molecule has 0 radical (unpaired) electrons. The Labute approximate surface area is 114 Å². The monoisotopic (exact) mass is 277 g/mol. The van der Waals surface area contributed by atoms with Gasteiger partial charge in [0.2, 0.25) is 5.91 Å². The predicted molar refractivity (Wildman–Crippen MR) is 74.1 cm³/mol. The van der Waals surface area contributed by atoms with Gasteiger partial charge in [-0.25, -0.2) is 4.98 Å². The van der Waals surface area contributed by atoms with Crippen molar-refractivity contribution in [2.24, 2.45) is 0 Å². The van der Waals surface area contributed by atoms with Crippen molar-refractivity contribution in [1.29, 1.82) is 0 Å². The Kier molecular flexibility index (Phi) is 4.11. The molecule has 0 saturated carbocycles. The molecule has 2 rings (SSSR count). The predicted octanol–water partition coefficient (Wildman–Crippen LogP) is 1.49. The van der Waals surface area contributed by atoms with E-state index in [1.54, 1.807) is 29.7 Å². The van der Waals surface area contributed by atoms with Crippen LogP contribution in [0.15, 0.2) is 34.6 Å². The van der Waals surface area contributed by atoms with Crippen molar-refractivity contribution in [3.05, 3.63) is 50.8 Å². The zero-order valence-corrected chi connectivity index (χ0v) is 11.6. The summed E-state index contributed by atoms with van der Waals surface area (Å²) < 4.78 is 1.37. The number of amides is 1. The molecule has 0 fully saturated rings. The van der Waals surface area contributed by atoms with Crippen molar-refractivity contribution in [1.82, 2.24) is 14.9 Å². The molecular formula is C13H15N3O2S. The summed E-state index contributed by atoms with van der Waals surface area (Å²) in [7, 11) is 0. The van der Waals surface area contributed by atoms with E-state index in [9.17, 15) is 9.59 Å². The fourth-order valence-electron chi connectivity index (χ4n) is 1.69. The van der Waals surface area contributed by atoms with Crippen LogP contribution in [-0.2, 0) is 11.3 Å². The first-order valence-electron chi connectivity index (χ1n) is 5.93.